The number of carbonyl (C=O) groups excluding carboxylic acids is 2. The van der Waals surface area contributed by atoms with Crippen molar-refractivity contribution in [3.8, 4) is 5.75 Å². The van der Waals surface area contributed by atoms with Crippen LogP contribution in [0.2, 0.25) is 0 Å². The van der Waals surface area contributed by atoms with Crippen LogP contribution in [0.5, 0.6) is 5.75 Å². The van der Waals surface area contributed by atoms with Crippen molar-refractivity contribution in [2.45, 2.75) is 12.5 Å². The number of aromatic nitrogens is 1. The fourth-order valence-electron chi connectivity index (χ4n) is 2.69. The largest absolute Gasteiger partial charge is 0.496 e. The number of thiazole rings is 1. The molecule has 2 N–H and O–H groups in total. The van der Waals surface area contributed by atoms with Gasteiger partial charge in [-0.2, -0.15) is 11.8 Å². The summed E-state index contributed by atoms with van der Waals surface area (Å²) in [6.07, 6.45) is 2.48. The summed E-state index contributed by atoms with van der Waals surface area (Å²) in [7, 11) is 1.51. The first-order valence-corrected chi connectivity index (χ1v) is 10.9. The number of benzene rings is 2. The Labute approximate surface area is 171 Å². The van der Waals surface area contributed by atoms with Crippen molar-refractivity contribution in [2.24, 2.45) is 0 Å². The van der Waals surface area contributed by atoms with E-state index in [4.69, 9.17) is 4.74 Å². The molecule has 2 aromatic carbocycles. The lowest BCUT2D eigenvalue weighted by Gasteiger charge is -2.18. The van der Waals surface area contributed by atoms with Gasteiger partial charge in [-0.25, -0.2) is 4.98 Å². The first-order chi connectivity index (χ1) is 13.6. The molecular formula is C20H21N3O3S2. The molecule has 0 bridgehead atoms. The Bertz CT molecular complexity index is 941. The van der Waals surface area contributed by atoms with Gasteiger partial charge in [0, 0.05) is 0 Å². The normalized spacial score (nSPS) is 11.8. The van der Waals surface area contributed by atoms with E-state index < -0.39 is 6.04 Å². The molecule has 3 rings (SSSR count). The quantitative estimate of drug-likeness (QED) is 0.585. The fourth-order valence-corrected chi connectivity index (χ4v) is 4.03. The second-order valence-electron chi connectivity index (χ2n) is 5.98. The van der Waals surface area contributed by atoms with Crippen LogP contribution in [0.4, 0.5) is 5.13 Å². The van der Waals surface area contributed by atoms with Crippen LogP contribution in [0.25, 0.3) is 10.2 Å². The number of nitrogens with one attached hydrogen (secondary N) is 2. The van der Waals surface area contributed by atoms with Crippen LogP contribution >= 0.6 is 23.1 Å². The Hall–Kier alpha value is -2.58. The molecule has 1 heterocycles. The maximum atomic E-state index is 12.8. The van der Waals surface area contributed by atoms with Crippen molar-refractivity contribution in [1.29, 1.82) is 0 Å². The van der Waals surface area contributed by atoms with E-state index in [1.807, 2.05) is 30.5 Å². The monoisotopic (exact) mass is 415 g/mol. The van der Waals surface area contributed by atoms with E-state index in [1.165, 1.54) is 18.4 Å². The second-order valence-corrected chi connectivity index (χ2v) is 8.00. The molecule has 28 heavy (non-hydrogen) atoms. The molecule has 0 spiro atoms. The van der Waals surface area contributed by atoms with E-state index in [0.29, 0.717) is 22.9 Å². The van der Waals surface area contributed by atoms with Gasteiger partial charge in [-0.05, 0) is 42.7 Å². The number of para-hydroxylation sites is 2. The zero-order valence-electron chi connectivity index (χ0n) is 15.6. The van der Waals surface area contributed by atoms with E-state index >= 15 is 0 Å². The molecular weight excluding hydrogens is 394 g/mol. The third-order valence-electron chi connectivity index (χ3n) is 4.11. The molecule has 8 heteroatoms. The fraction of sp³-hybridized carbons (Fsp3) is 0.250. The number of anilines is 1. The summed E-state index contributed by atoms with van der Waals surface area (Å²) in [5.41, 5.74) is 1.23. The van der Waals surface area contributed by atoms with E-state index in [2.05, 4.69) is 15.6 Å². The van der Waals surface area contributed by atoms with E-state index in [-0.39, 0.29) is 11.8 Å². The van der Waals surface area contributed by atoms with Gasteiger partial charge in [0.25, 0.3) is 5.91 Å². The summed E-state index contributed by atoms with van der Waals surface area (Å²) in [5.74, 6) is 0.582. The summed E-state index contributed by atoms with van der Waals surface area (Å²) < 4.78 is 6.24. The van der Waals surface area contributed by atoms with Gasteiger partial charge in [0.05, 0.1) is 22.9 Å². The maximum absolute atomic E-state index is 12.8. The van der Waals surface area contributed by atoms with Crippen LogP contribution in [0.1, 0.15) is 16.8 Å². The van der Waals surface area contributed by atoms with Crippen LogP contribution in [0.3, 0.4) is 0 Å². The maximum Gasteiger partial charge on any atom is 0.255 e. The number of fused-ring (bicyclic) bond motifs is 1. The predicted octanol–water partition coefficient (Wildman–Crippen LogP) is 3.80. The Kier molecular flexibility index (Phi) is 6.89. The molecule has 1 aromatic heterocycles. The first kappa shape index (κ1) is 20.2. The number of hydrogen-bond acceptors (Lipinski definition) is 6. The Morgan fingerprint density at radius 3 is 2.68 bits per heavy atom. The predicted molar refractivity (Wildman–Crippen MR) is 115 cm³/mol. The molecule has 6 nitrogen and oxygen atoms in total. The Morgan fingerprint density at radius 2 is 1.93 bits per heavy atom. The van der Waals surface area contributed by atoms with E-state index in [0.717, 1.165) is 16.0 Å². The number of thioether (sulfide) groups is 1. The summed E-state index contributed by atoms with van der Waals surface area (Å²) >= 11 is 3.03. The van der Waals surface area contributed by atoms with Crippen LogP contribution < -0.4 is 15.4 Å². The number of nitrogens with zero attached hydrogens (tertiary/aromatic N) is 1. The smallest absolute Gasteiger partial charge is 0.255 e. The molecule has 3 aromatic rings. The highest BCUT2D eigenvalue weighted by atomic mass is 32.2. The van der Waals surface area contributed by atoms with Gasteiger partial charge in [-0.3, -0.25) is 9.59 Å². The molecule has 0 aliphatic rings. The highest BCUT2D eigenvalue weighted by Crippen LogP contribution is 2.25. The van der Waals surface area contributed by atoms with Crippen molar-refractivity contribution in [1.82, 2.24) is 10.3 Å². The molecule has 2 amide bonds. The van der Waals surface area contributed by atoms with Crippen LogP contribution in [-0.2, 0) is 4.79 Å². The molecule has 1 unspecified atom stereocenters. The SMILES string of the molecule is COc1ccccc1C(=O)NC(CCSC)C(=O)Nc1nc2ccccc2s1. The average Bonchev–Trinajstić information content (AvgIpc) is 3.13. The Balaban J connectivity index is 1.74. The van der Waals surface area contributed by atoms with Crippen LogP contribution in [0, 0.1) is 0 Å². The number of ether oxygens (including phenoxy) is 1. The number of amides is 2. The third kappa shape index (κ3) is 4.82. The zero-order chi connectivity index (χ0) is 19.9. The van der Waals surface area contributed by atoms with Crippen molar-refractivity contribution in [3.63, 3.8) is 0 Å². The average molecular weight is 416 g/mol. The minimum atomic E-state index is -0.670. The molecule has 146 valence electrons. The molecule has 0 saturated carbocycles. The summed E-state index contributed by atoms with van der Waals surface area (Å²) in [4.78, 5) is 30.0. The third-order valence-corrected chi connectivity index (χ3v) is 5.70. The van der Waals surface area contributed by atoms with E-state index in [1.54, 1.807) is 36.0 Å². The summed E-state index contributed by atoms with van der Waals surface area (Å²) in [6, 6.07) is 14.0. The lowest BCUT2D eigenvalue weighted by Crippen LogP contribution is -2.44. The molecule has 0 saturated heterocycles. The summed E-state index contributed by atoms with van der Waals surface area (Å²) in [5, 5.41) is 6.19. The van der Waals surface area contributed by atoms with Crippen molar-refractivity contribution < 1.29 is 14.3 Å². The lowest BCUT2D eigenvalue weighted by atomic mass is 10.1. The first-order valence-electron chi connectivity index (χ1n) is 8.71. The van der Waals surface area contributed by atoms with Gasteiger partial charge >= 0.3 is 0 Å². The van der Waals surface area contributed by atoms with E-state index in [9.17, 15) is 9.59 Å². The van der Waals surface area contributed by atoms with Gasteiger partial charge in [0.15, 0.2) is 5.13 Å². The minimum Gasteiger partial charge on any atom is -0.496 e. The molecule has 1 atom stereocenters. The molecule has 0 aliphatic carbocycles. The standard InChI is InChI=1S/C20H21N3O3S2/c1-26-16-9-5-3-7-13(16)18(24)21-15(11-12-27-2)19(25)23-20-22-14-8-4-6-10-17(14)28-20/h3-10,15H,11-12H2,1-2H3,(H,21,24)(H,22,23,25). The molecule has 0 fully saturated rings. The van der Waals surface area contributed by atoms with Gasteiger partial charge in [0.2, 0.25) is 5.91 Å². The van der Waals surface area contributed by atoms with Crippen molar-refractivity contribution in [3.05, 3.63) is 54.1 Å². The molecule has 0 radical (unpaired) electrons. The van der Waals surface area contributed by atoms with Crippen molar-refractivity contribution in [2.75, 3.05) is 24.4 Å². The lowest BCUT2D eigenvalue weighted by molar-refractivity contribution is -0.118. The molecule has 0 aliphatic heterocycles. The number of rotatable bonds is 8. The highest BCUT2D eigenvalue weighted by Gasteiger charge is 2.23. The van der Waals surface area contributed by atoms with Gasteiger partial charge in [-0.1, -0.05) is 35.6 Å². The number of hydrogen-bond donors (Lipinski definition) is 2. The highest BCUT2D eigenvalue weighted by molar-refractivity contribution is 7.98. The Morgan fingerprint density at radius 1 is 1.18 bits per heavy atom. The second kappa shape index (κ2) is 9.57. The zero-order valence-corrected chi connectivity index (χ0v) is 17.2. The topological polar surface area (TPSA) is 80.3 Å². The van der Waals surface area contributed by atoms with Crippen LogP contribution in [0.15, 0.2) is 48.5 Å². The van der Waals surface area contributed by atoms with Gasteiger partial charge in [0.1, 0.15) is 11.8 Å². The number of methoxy groups -OCH3 is 1. The summed E-state index contributed by atoms with van der Waals surface area (Å²) in [6.45, 7) is 0. The van der Waals surface area contributed by atoms with Gasteiger partial charge < -0.3 is 15.4 Å². The van der Waals surface area contributed by atoms with Gasteiger partial charge in [-0.15, -0.1) is 0 Å². The minimum absolute atomic E-state index is 0.281. The number of carbonyl (C=O) groups is 2. The van der Waals surface area contributed by atoms with Crippen molar-refractivity contribution >= 4 is 50.3 Å². The van der Waals surface area contributed by atoms with Crippen LogP contribution in [-0.4, -0.2) is 42.0 Å².